The predicted molar refractivity (Wildman–Crippen MR) is 90.4 cm³/mol. The van der Waals surface area contributed by atoms with Gasteiger partial charge in [0.25, 0.3) is 5.91 Å². The molecular formula is C17H19FN2O3S. The third kappa shape index (κ3) is 4.86. The summed E-state index contributed by atoms with van der Waals surface area (Å²) >= 11 is 1.16. The first-order chi connectivity index (χ1) is 11.5. The topological polar surface area (TPSA) is 68.3 Å². The number of nitrogens with one attached hydrogen (secondary N) is 1. The van der Waals surface area contributed by atoms with E-state index in [1.807, 2.05) is 6.92 Å². The van der Waals surface area contributed by atoms with Crippen LogP contribution in [0.1, 0.15) is 35.1 Å². The maximum Gasteiger partial charge on any atom is 0.350 e. The van der Waals surface area contributed by atoms with Crippen LogP contribution in [-0.2, 0) is 9.53 Å². The highest BCUT2D eigenvalue weighted by molar-refractivity contribution is 7.17. The normalized spacial score (nSPS) is 10.5. The van der Waals surface area contributed by atoms with Gasteiger partial charge >= 0.3 is 5.97 Å². The second-order valence-corrected chi connectivity index (χ2v) is 6.22. The van der Waals surface area contributed by atoms with E-state index in [1.165, 1.54) is 12.1 Å². The smallest absolute Gasteiger partial charge is 0.350 e. The molecule has 1 heterocycles. The maximum atomic E-state index is 13.0. The molecule has 1 amide bonds. The van der Waals surface area contributed by atoms with Crippen LogP contribution in [0.3, 0.4) is 0 Å². The number of carbonyl (C=O) groups excluding carboxylic acids is 2. The Balaban J connectivity index is 1.97. The number of unbranched alkanes of at least 4 members (excludes halogenated alkanes) is 1. The number of esters is 1. The van der Waals surface area contributed by atoms with Gasteiger partial charge in [-0.25, -0.2) is 14.2 Å². The van der Waals surface area contributed by atoms with Crippen LogP contribution >= 0.6 is 11.3 Å². The molecule has 2 rings (SSSR count). The lowest BCUT2D eigenvalue weighted by Crippen LogP contribution is -2.29. The molecule has 0 fully saturated rings. The number of ether oxygens (including phenoxy) is 1. The van der Waals surface area contributed by atoms with Crippen LogP contribution in [0.25, 0.3) is 10.6 Å². The molecule has 0 aliphatic carbocycles. The Labute approximate surface area is 143 Å². The standard InChI is InChI=1S/C17H19FN2O3S/c1-3-4-9-19-14(21)10-23-17(22)15-11(2)20-16(24-15)12-5-7-13(18)8-6-12/h5-8H,3-4,9-10H2,1-2H3,(H,19,21). The zero-order valence-corrected chi connectivity index (χ0v) is 14.4. The van der Waals surface area contributed by atoms with Crippen LogP contribution < -0.4 is 5.32 Å². The molecule has 0 aliphatic rings. The predicted octanol–water partition coefficient (Wildman–Crippen LogP) is 3.33. The van der Waals surface area contributed by atoms with Crippen molar-refractivity contribution in [2.45, 2.75) is 26.7 Å². The SMILES string of the molecule is CCCCNC(=O)COC(=O)c1sc(-c2ccc(F)cc2)nc1C. The number of hydrogen-bond acceptors (Lipinski definition) is 5. The molecule has 0 saturated heterocycles. The van der Waals surface area contributed by atoms with Crippen molar-refractivity contribution in [1.29, 1.82) is 0 Å². The lowest BCUT2D eigenvalue weighted by atomic mass is 10.2. The molecular weight excluding hydrogens is 331 g/mol. The molecule has 24 heavy (non-hydrogen) atoms. The number of amides is 1. The number of aryl methyl sites for hydroxylation is 1. The largest absolute Gasteiger partial charge is 0.451 e. The Morgan fingerprint density at radius 1 is 1.29 bits per heavy atom. The van der Waals surface area contributed by atoms with Crippen molar-refractivity contribution in [1.82, 2.24) is 10.3 Å². The molecule has 1 N–H and O–H groups in total. The molecule has 0 unspecified atom stereocenters. The van der Waals surface area contributed by atoms with E-state index in [1.54, 1.807) is 19.1 Å². The summed E-state index contributed by atoms with van der Waals surface area (Å²) in [5, 5.41) is 3.28. The maximum absolute atomic E-state index is 13.0. The number of nitrogens with zero attached hydrogens (tertiary/aromatic N) is 1. The quantitative estimate of drug-likeness (QED) is 0.614. The number of rotatable bonds is 7. The third-order valence-corrected chi connectivity index (χ3v) is 4.45. The number of aromatic nitrogens is 1. The second kappa shape index (κ2) is 8.54. The molecule has 2 aromatic rings. The Morgan fingerprint density at radius 3 is 2.67 bits per heavy atom. The molecule has 0 aliphatic heterocycles. The first-order valence-corrected chi connectivity index (χ1v) is 8.50. The van der Waals surface area contributed by atoms with Gasteiger partial charge in [0.05, 0.1) is 5.69 Å². The highest BCUT2D eigenvalue weighted by atomic mass is 32.1. The summed E-state index contributed by atoms with van der Waals surface area (Å²) in [5.41, 5.74) is 1.25. The summed E-state index contributed by atoms with van der Waals surface area (Å²) in [6.07, 6.45) is 1.86. The lowest BCUT2D eigenvalue weighted by molar-refractivity contribution is -0.124. The van der Waals surface area contributed by atoms with E-state index in [0.717, 1.165) is 29.7 Å². The number of halogens is 1. The number of benzene rings is 1. The van der Waals surface area contributed by atoms with Gasteiger partial charge in [-0.3, -0.25) is 4.79 Å². The zero-order valence-electron chi connectivity index (χ0n) is 13.6. The van der Waals surface area contributed by atoms with Crippen LogP contribution in [0.5, 0.6) is 0 Å². The second-order valence-electron chi connectivity index (χ2n) is 5.22. The summed E-state index contributed by atoms with van der Waals surface area (Å²) < 4.78 is 18.0. The summed E-state index contributed by atoms with van der Waals surface area (Å²) in [6.45, 7) is 3.98. The molecule has 7 heteroatoms. The number of carbonyl (C=O) groups is 2. The fraction of sp³-hybridized carbons (Fsp3) is 0.353. The molecule has 128 valence electrons. The van der Waals surface area contributed by atoms with Gasteiger partial charge < -0.3 is 10.1 Å². The monoisotopic (exact) mass is 350 g/mol. The Hall–Kier alpha value is -2.28. The van der Waals surface area contributed by atoms with Crippen LogP contribution in [0.4, 0.5) is 4.39 Å². The van der Waals surface area contributed by atoms with E-state index in [4.69, 9.17) is 4.74 Å². The molecule has 1 aromatic carbocycles. The number of hydrogen-bond donors (Lipinski definition) is 1. The van der Waals surface area contributed by atoms with Crippen molar-refractivity contribution in [3.05, 3.63) is 40.7 Å². The van der Waals surface area contributed by atoms with Gasteiger partial charge in [-0.05, 0) is 37.6 Å². The summed E-state index contributed by atoms with van der Waals surface area (Å²) in [5.74, 6) is -1.23. The van der Waals surface area contributed by atoms with Crippen LogP contribution in [0.2, 0.25) is 0 Å². The average molecular weight is 350 g/mol. The first kappa shape index (κ1) is 18.1. The van der Waals surface area contributed by atoms with E-state index in [-0.39, 0.29) is 18.3 Å². The molecule has 0 radical (unpaired) electrons. The van der Waals surface area contributed by atoms with Crippen molar-refractivity contribution in [3.8, 4) is 10.6 Å². The third-order valence-electron chi connectivity index (χ3n) is 3.26. The van der Waals surface area contributed by atoms with Crippen molar-refractivity contribution >= 4 is 23.2 Å². The minimum atomic E-state index is -0.580. The van der Waals surface area contributed by atoms with Gasteiger partial charge in [0.15, 0.2) is 6.61 Å². The van der Waals surface area contributed by atoms with Crippen LogP contribution in [-0.4, -0.2) is 30.0 Å². The fourth-order valence-electron chi connectivity index (χ4n) is 1.95. The highest BCUT2D eigenvalue weighted by Crippen LogP contribution is 2.28. The van der Waals surface area contributed by atoms with Crippen molar-refractivity contribution in [2.75, 3.05) is 13.2 Å². The summed E-state index contributed by atoms with van der Waals surface area (Å²) in [7, 11) is 0. The average Bonchev–Trinajstić information content (AvgIpc) is 2.95. The highest BCUT2D eigenvalue weighted by Gasteiger charge is 2.18. The minimum absolute atomic E-state index is 0.314. The lowest BCUT2D eigenvalue weighted by Gasteiger charge is -2.05. The van der Waals surface area contributed by atoms with Crippen molar-refractivity contribution < 1.29 is 18.7 Å². The van der Waals surface area contributed by atoms with Crippen LogP contribution in [0.15, 0.2) is 24.3 Å². The summed E-state index contributed by atoms with van der Waals surface area (Å²) in [4.78, 5) is 28.3. The van der Waals surface area contributed by atoms with Gasteiger partial charge in [0.1, 0.15) is 15.7 Å². The van der Waals surface area contributed by atoms with Gasteiger partial charge in [-0.1, -0.05) is 13.3 Å². The van der Waals surface area contributed by atoms with E-state index >= 15 is 0 Å². The Morgan fingerprint density at radius 2 is 2.00 bits per heavy atom. The molecule has 0 bridgehead atoms. The van der Waals surface area contributed by atoms with Crippen LogP contribution in [0, 0.1) is 12.7 Å². The molecule has 0 saturated carbocycles. The minimum Gasteiger partial charge on any atom is -0.451 e. The van der Waals surface area contributed by atoms with Gasteiger partial charge in [0, 0.05) is 12.1 Å². The van der Waals surface area contributed by atoms with E-state index in [0.29, 0.717) is 22.1 Å². The summed E-state index contributed by atoms with van der Waals surface area (Å²) in [6, 6.07) is 5.88. The van der Waals surface area contributed by atoms with E-state index in [2.05, 4.69) is 10.3 Å². The Kier molecular flexibility index (Phi) is 6.43. The van der Waals surface area contributed by atoms with Gasteiger partial charge in [0.2, 0.25) is 0 Å². The fourth-order valence-corrected chi connectivity index (χ4v) is 2.92. The first-order valence-electron chi connectivity index (χ1n) is 7.68. The zero-order chi connectivity index (χ0) is 17.5. The Bertz CT molecular complexity index is 713. The van der Waals surface area contributed by atoms with Crippen molar-refractivity contribution in [2.24, 2.45) is 0 Å². The number of thiazole rings is 1. The molecule has 0 atom stereocenters. The van der Waals surface area contributed by atoms with Gasteiger partial charge in [-0.2, -0.15) is 0 Å². The molecule has 5 nitrogen and oxygen atoms in total. The molecule has 0 spiro atoms. The van der Waals surface area contributed by atoms with E-state index < -0.39 is 5.97 Å². The van der Waals surface area contributed by atoms with Crippen molar-refractivity contribution in [3.63, 3.8) is 0 Å². The van der Waals surface area contributed by atoms with E-state index in [9.17, 15) is 14.0 Å². The van der Waals surface area contributed by atoms with Gasteiger partial charge in [-0.15, -0.1) is 11.3 Å². The molecule has 1 aromatic heterocycles.